The van der Waals surface area contributed by atoms with E-state index < -0.39 is 5.97 Å². The Morgan fingerprint density at radius 1 is 1.82 bits per heavy atom. The van der Waals surface area contributed by atoms with Gasteiger partial charge in [-0.15, -0.1) is 0 Å². The minimum atomic E-state index is -0.858. The fourth-order valence-corrected chi connectivity index (χ4v) is 1.07. The van der Waals surface area contributed by atoms with E-state index in [4.69, 9.17) is 5.11 Å². The lowest BCUT2D eigenvalue weighted by Crippen LogP contribution is -2.25. The highest BCUT2D eigenvalue weighted by molar-refractivity contribution is 5.86. The van der Waals surface area contributed by atoms with E-state index in [0.29, 0.717) is 12.4 Å². The molecule has 1 rings (SSSR count). The topological polar surface area (TPSA) is 43.8 Å². The zero-order valence-electron chi connectivity index (χ0n) is 6.74. The molecule has 0 saturated heterocycles. The second-order valence-corrected chi connectivity index (χ2v) is 2.56. The maximum atomic E-state index is 10.5. The lowest BCUT2D eigenvalue weighted by molar-refractivity contribution is -0.134. The standard InChI is InChI=1S/C7H12N2O2/c1-3-9-4-6(7(10)11)8(2)5-9/h4H,3,5H2,1-2H3,(H,10,11). The summed E-state index contributed by atoms with van der Waals surface area (Å²) in [5.74, 6) is -0.858. The third-order valence-electron chi connectivity index (χ3n) is 1.74. The van der Waals surface area contributed by atoms with E-state index in [1.54, 1.807) is 18.1 Å². The Balaban J connectivity index is 2.70. The van der Waals surface area contributed by atoms with Crippen LogP contribution in [-0.2, 0) is 4.79 Å². The zero-order chi connectivity index (χ0) is 8.43. The molecule has 62 valence electrons. The summed E-state index contributed by atoms with van der Waals surface area (Å²) in [6, 6.07) is 0. The number of carboxylic acid groups (broad SMARTS) is 1. The predicted molar refractivity (Wildman–Crippen MR) is 40.7 cm³/mol. The predicted octanol–water partition coefficient (Wildman–Crippen LogP) is 0.137. The van der Waals surface area contributed by atoms with E-state index in [2.05, 4.69) is 0 Å². The molecule has 0 aromatic carbocycles. The van der Waals surface area contributed by atoms with Crippen LogP contribution in [0.25, 0.3) is 0 Å². The molecule has 0 unspecified atom stereocenters. The van der Waals surface area contributed by atoms with Crippen molar-refractivity contribution in [1.82, 2.24) is 9.80 Å². The Morgan fingerprint density at radius 2 is 2.45 bits per heavy atom. The molecule has 0 radical (unpaired) electrons. The third kappa shape index (κ3) is 1.45. The van der Waals surface area contributed by atoms with Gasteiger partial charge in [0, 0.05) is 19.8 Å². The fraction of sp³-hybridized carbons (Fsp3) is 0.571. The van der Waals surface area contributed by atoms with Crippen LogP contribution in [-0.4, -0.2) is 41.1 Å². The van der Waals surface area contributed by atoms with E-state index in [-0.39, 0.29) is 0 Å². The molecule has 0 fully saturated rings. The second kappa shape index (κ2) is 2.82. The van der Waals surface area contributed by atoms with Gasteiger partial charge in [0.2, 0.25) is 0 Å². The number of carboxylic acids is 1. The van der Waals surface area contributed by atoms with Gasteiger partial charge < -0.3 is 14.9 Å². The van der Waals surface area contributed by atoms with Gasteiger partial charge in [-0.3, -0.25) is 0 Å². The van der Waals surface area contributed by atoms with Crippen molar-refractivity contribution in [1.29, 1.82) is 0 Å². The van der Waals surface area contributed by atoms with Gasteiger partial charge in [0.25, 0.3) is 0 Å². The van der Waals surface area contributed by atoms with Gasteiger partial charge in [-0.1, -0.05) is 0 Å². The van der Waals surface area contributed by atoms with Crippen molar-refractivity contribution in [2.75, 3.05) is 20.3 Å². The molecule has 0 aromatic rings. The smallest absolute Gasteiger partial charge is 0.353 e. The summed E-state index contributed by atoms with van der Waals surface area (Å²) >= 11 is 0. The summed E-state index contributed by atoms with van der Waals surface area (Å²) in [4.78, 5) is 14.2. The minimum Gasteiger partial charge on any atom is -0.477 e. The van der Waals surface area contributed by atoms with E-state index >= 15 is 0 Å². The molecule has 0 saturated carbocycles. The molecule has 1 aliphatic rings. The van der Waals surface area contributed by atoms with Crippen molar-refractivity contribution in [3.63, 3.8) is 0 Å². The molecule has 11 heavy (non-hydrogen) atoms. The average Bonchev–Trinajstić information content (AvgIpc) is 2.30. The monoisotopic (exact) mass is 156 g/mol. The van der Waals surface area contributed by atoms with Gasteiger partial charge in [-0.25, -0.2) is 4.79 Å². The van der Waals surface area contributed by atoms with Crippen molar-refractivity contribution in [2.45, 2.75) is 6.92 Å². The molecule has 0 spiro atoms. The van der Waals surface area contributed by atoms with E-state index in [9.17, 15) is 4.79 Å². The first kappa shape index (κ1) is 7.91. The Kier molecular flexibility index (Phi) is 2.03. The number of aliphatic carboxylic acids is 1. The van der Waals surface area contributed by atoms with Crippen molar-refractivity contribution < 1.29 is 9.90 Å². The van der Waals surface area contributed by atoms with Crippen LogP contribution in [0.1, 0.15) is 6.92 Å². The Hall–Kier alpha value is -1.19. The van der Waals surface area contributed by atoms with Crippen LogP contribution < -0.4 is 0 Å². The molecule has 1 heterocycles. The van der Waals surface area contributed by atoms with Crippen LogP contribution >= 0.6 is 0 Å². The van der Waals surface area contributed by atoms with Crippen LogP contribution in [0.5, 0.6) is 0 Å². The number of rotatable bonds is 2. The second-order valence-electron chi connectivity index (χ2n) is 2.56. The summed E-state index contributed by atoms with van der Waals surface area (Å²) < 4.78 is 0. The summed E-state index contributed by atoms with van der Waals surface area (Å²) in [6.07, 6.45) is 1.67. The quantitative estimate of drug-likeness (QED) is 0.617. The van der Waals surface area contributed by atoms with Crippen LogP contribution in [0.3, 0.4) is 0 Å². The number of hydrogen-bond acceptors (Lipinski definition) is 3. The number of carbonyl (C=O) groups is 1. The van der Waals surface area contributed by atoms with Crippen molar-refractivity contribution >= 4 is 5.97 Å². The Bertz CT molecular complexity index is 201. The highest BCUT2D eigenvalue weighted by atomic mass is 16.4. The normalized spacial score (nSPS) is 17.1. The molecule has 0 aliphatic carbocycles. The molecule has 0 atom stereocenters. The minimum absolute atomic E-state index is 0.367. The highest BCUT2D eigenvalue weighted by Crippen LogP contribution is 2.12. The average molecular weight is 156 g/mol. The molecule has 4 heteroatoms. The summed E-state index contributed by atoms with van der Waals surface area (Å²) in [6.45, 7) is 3.52. The van der Waals surface area contributed by atoms with E-state index in [0.717, 1.165) is 6.54 Å². The van der Waals surface area contributed by atoms with Gasteiger partial charge in [0.15, 0.2) is 0 Å². The number of nitrogens with zero attached hydrogens (tertiary/aromatic N) is 2. The number of hydrogen-bond donors (Lipinski definition) is 1. The van der Waals surface area contributed by atoms with Crippen LogP contribution in [0, 0.1) is 0 Å². The van der Waals surface area contributed by atoms with Crippen molar-refractivity contribution in [3.8, 4) is 0 Å². The number of likely N-dealkylation sites (N-methyl/N-ethyl adjacent to an activating group) is 1. The third-order valence-corrected chi connectivity index (χ3v) is 1.74. The maximum absolute atomic E-state index is 10.5. The lowest BCUT2D eigenvalue weighted by Gasteiger charge is -2.15. The molecule has 0 bridgehead atoms. The SMILES string of the molecule is CCN1C=C(C(=O)O)N(C)C1. The zero-order valence-corrected chi connectivity index (χ0v) is 6.74. The molecule has 1 aliphatic heterocycles. The summed E-state index contributed by atoms with van der Waals surface area (Å²) in [5, 5.41) is 8.66. The lowest BCUT2D eigenvalue weighted by atomic mass is 10.4. The first-order valence-corrected chi connectivity index (χ1v) is 3.55. The first-order chi connectivity index (χ1) is 5.15. The van der Waals surface area contributed by atoms with Crippen LogP contribution in [0.2, 0.25) is 0 Å². The van der Waals surface area contributed by atoms with E-state index in [1.165, 1.54) is 0 Å². The van der Waals surface area contributed by atoms with Crippen molar-refractivity contribution in [2.24, 2.45) is 0 Å². The Morgan fingerprint density at radius 3 is 2.73 bits per heavy atom. The van der Waals surface area contributed by atoms with Gasteiger partial charge in [-0.2, -0.15) is 0 Å². The van der Waals surface area contributed by atoms with Gasteiger partial charge in [0.1, 0.15) is 5.70 Å². The van der Waals surface area contributed by atoms with Gasteiger partial charge in [0.05, 0.1) is 6.67 Å². The summed E-state index contributed by atoms with van der Waals surface area (Å²) in [5.41, 5.74) is 0.367. The molecular weight excluding hydrogens is 144 g/mol. The first-order valence-electron chi connectivity index (χ1n) is 3.55. The summed E-state index contributed by atoms with van der Waals surface area (Å²) in [7, 11) is 1.77. The molecule has 1 N–H and O–H groups in total. The highest BCUT2D eigenvalue weighted by Gasteiger charge is 2.21. The molecule has 0 aromatic heterocycles. The largest absolute Gasteiger partial charge is 0.477 e. The van der Waals surface area contributed by atoms with E-state index in [1.807, 2.05) is 11.8 Å². The van der Waals surface area contributed by atoms with Crippen LogP contribution in [0.4, 0.5) is 0 Å². The molecular formula is C7H12N2O2. The van der Waals surface area contributed by atoms with Gasteiger partial charge >= 0.3 is 5.97 Å². The molecule has 0 amide bonds. The molecule has 4 nitrogen and oxygen atoms in total. The Labute approximate surface area is 65.7 Å². The fourth-order valence-electron chi connectivity index (χ4n) is 1.07. The van der Waals surface area contributed by atoms with Crippen molar-refractivity contribution in [3.05, 3.63) is 11.9 Å². The van der Waals surface area contributed by atoms with Crippen LogP contribution in [0.15, 0.2) is 11.9 Å². The maximum Gasteiger partial charge on any atom is 0.353 e. The van der Waals surface area contributed by atoms with Gasteiger partial charge in [-0.05, 0) is 6.92 Å².